The molecular weight excluding hydrogens is 558 g/mol. The van der Waals surface area contributed by atoms with E-state index in [1.165, 1.54) is 7.11 Å². The summed E-state index contributed by atoms with van der Waals surface area (Å²) in [6, 6.07) is 8.25. The fourth-order valence-electron chi connectivity index (χ4n) is 11.9. The molecule has 5 aliphatic carbocycles. The van der Waals surface area contributed by atoms with Crippen LogP contribution in [0.15, 0.2) is 30.3 Å². The Bertz CT molecular complexity index is 1250. The highest BCUT2D eigenvalue weighted by Gasteiger charge is 2.91. The molecule has 7 bridgehead atoms. The number of carbonyl (C=O) groups is 1. The van der Waals surface area contributed by atoms with Gasteiger partial charge in [0.05, 0.1) is 30.5 Å². The van der Waals surface area contributed by atoms with Gasteiger partial charge in [0, 0.05) is 76.0 Å². The number of methoxy groups -OCH3 is 4. The summed E-state index contributed by atoms with van der Waals surface area (Å²) >= 11 is 0. The van der Waals surface area contributed by atoms with E-state index in [0.717, 1.165) is 0 Å². The first-order valence-electron chi connectivity index (χ1n) is 15.5. The predicted octanol–water partition coefficient (Wildman–Crippen LogP) is 0.0773. The van der Waals surface area contributed by atoms with Crippen LogP contribution in [0.2, 0.25) is 0 Å². The highest BCUT2D eigenvalue weighted by Crippen LogP contribution is 2.80. The second-order valence-corrected chi connectivity index (χ2v) is 13.9. The maximum absolute atomic E-state index is 13.6. The van der Waals surface area contributed by atoms with Crippen molar-refractivity contribution in [2.24, 2.45) is 34.5 Å². The highest BCUT2D eigenvalue weighted by atomic mass is 16.6. The third kappa shape index (κ3) is 3.28. The summed E-state index contributed by atoms with van der Waals surface area (Å²) in [6.45, 7) is 3.46. The topological polar surface area (TPSA) is 147 Å². The molecule has 11 heteroatoms. The molecule has 1 aliphatic heterocycles. The summed E-state index contributed by atoms with van der Waals surface area (Å²) in [7, 11) is 6.29. The molecule has 1 aromatic carbocycles. The third-order valence-corrected chi connectivity index (χ3v) is 12.9. The van der Waals surface area contributed by atoms with Gasteiger partial charge >= 0.3 is 5.97 Å². The van der Waals surface area contributed by atoms with Gasteiger partial charge in [0.2, 0.25) is 0 Å². The van der Waals surface area contributed by atoms with Crippen molar-refractivity contribution >= 4 is 5.97 Å². The summed E-state index contributed by atoms with van der Waals surface area (Å²) in [4.78, 5) is 15.8. The smallest absolute Gasteiger partial charge is 0.338 e. The first-order chi connectivity index (χ1) is 20.6. The maximum atomic E-state index is 13.6. The van der Waals surface area contributed by atoms with Crippen molar-refractivity contribution in [1.82, 2.24) is 4.90 Å². The Hall–Kier alpha value is -1.67. The number of rotatable bonds is 8. The van der Waals surface area contributed by atoms with Gasteiger partial charge in [0.15, 0.2) is 0 Å². The number of benzene rings is 1. The van der Waals surface area contributed by atoms with Gasteiger partial charge in [-0.1, -0.05) is 25.1 Å². The van der Waals surface area contributed by atoms with E-state index in [1.54, 1.807) is 51.7 Å². The van der Waals surface area contributed by atoms with Crippen LogP contribution in [-0.4, -0.2) is 133 Å². The summed E-state index contributed by atoms with van der Waals surface area (Å²) in [5.74, 6) is -2.94. The van der Waals surface area contributed by atoms with E-state index in [0.29, 0.717) is 25.1 Å². The Morgan fingerprint density at radius 3 is 2.33 bits per heavy atom. The predicted molar refractivity (Wildman–Crippen MR) is 151 cm³/mol. The Kier molecular flexibility index (Phi) is 6.92. The molecular formula is C32H45NO10. The summed E-state index contributed by atoms with van der Waals surface area (Å²) in [6.07, 6.45) is -5.27. The average molecular weight is 604 g/mol. The largest absolute Gasteiger partial charge is 0.455 e. The highest BCUT2D eigenvalue weighted by molar-refractivity contribution is 5.89. The first-order valence-corrected chi connectivity index (χ1v) is 15.5. The third-order valence-electron chi connectivity index (χ3n) is 12.9. The van der Waals surface area contributed by atoms with Crippen molar-refractivity contribution in [3.05, 3.63) is 35.9 Å². The van der Waals surface area contributed by atoms with Crippen LogP contribution in [0, 0.1) is 34.5 Å². The number of fused-ring (bicyclic) bond motifs is 2. The van der Waals surface area contributed by atoms with E-state index in [9.17, 15) is 25.2 Å². The van der Waals surface area contributed by atoms with Crippen molar-refractivity contribution in [2.45, 2.75) is 73.6 Å². The number of hydrogen-bond acceptors (Lipinski definition) is 11. The van der Waals surface area contributed by atoms with Crippen LogP contribution in [0.25, 0.3) is 0 Å². The number of esters is 1. The zero-order chi connectivity index (χ0) is 30.7. The van der Waals surface area contributed by atoms with Gasteiger partial charge in [-0.15, -0.1) is 0 Å². The molecule has 6 aliphatic rings. The van der Waals surface area contributed by atoms with Crippen molar-refractivity contribution < 1.29 is 48.9 Å². The molecule has 0 aromatic heterocycles. The van der Waals surface area contributed by atoms with E-state index in [4.69, 9.17) is 23.7 Å². The molecule has 43 heavy (non-hydrogen) atoms. The molecule has 5 saturated carbocycles. The van der Waals surface area contributed by atoms with Crippen molar-refractivity contribution in [3.63, 3.8) is 0 Å². The maximum Gasteiger partial charge on any atom is 0.338 e. The van der Waals surface area contributed by atoms with E-state index >= 15 is 0 Å². The van der Waals surface area contributed by atoms with Gasteiger partial charge in [0.1, 0.15) is 29.5 Å². The Balaban J connectivity index is 1.48. The standard InChI is InChI=1S/C32H45NO10/c1-6-33-14-29(15-39-2)18(34)12-19(40-3)31-17-13-30(37)26(43-28(36)16-10-8-7-9-11-16)20(17)32(38,25(35)27(30)42-5)21(24(31)33)22(41-4)23(29)31/h7-11,17-27,34-35,37-38H,6,12-15H2,1-5H3/t17-,18-,19+,20-,21+,22+,23-,24-,25+,26-,27+,29+,30-,31+,32-/m1/s1. The van der Waals surface area contributed by atoms with Crippen LogP contribution in [0.4, 0.5) is 0 Å². The number of piperidine rings is 1. The van der Waals surface area contributed by atoms with Crippen LogP contribution >= 0.6 is 0 Å². The van der Waals surface area contributed by atoms with Crippen LogP contribution in [-0.2, 0) is 23.7 Å². The van der Waals surface area contributed by atoms with E-state index in [-0.39, 0.29) is 25.0 Å². The summed E-state index contributed by atoms with van der Waals surface area (Å²) in [5, 5.41) is 49.7. The molecule has 1 saturated heterocycles. The lowest BCUT2D eigenvalue weighted by Crippen LogP contribution is -2.81. The minimum absolute atomic E-state index is 0.106. The number of likely N-dealkylation sites (tertiary alicyclic amines) is 1. The van der Waals surface area contributed by atoms with Gasteiger partial charge in [-0.05, 0) is 31.0 Å². The molecule has 1 heterocycles. The van der Waals surface area contributed by atoms with Crippen LogP contribution in [0.3, 0.4) is 0 Å². The molecule has 11 nitrogen and oxygen atoms in total. The number of nitrogens with zero attached hydrogens (tertiary/aromatic N) is 1. The molecule has 1 aromatic rings. The van der Waals surface area contributed by atoms with Gasteiger partial charge in [-0.25, -0.2) is 4.79 Å². The molecule has 1 spiro atoms. The molecule has 238 valence electrons. The number of aliphatic hydroxyl groups excluding tert-OH is 2. The van der Waals surface area contributed by atoms with Gasteiger partial charge in [-0.3, -0.25) is 4.90 Å². The minimum atomic E-state index is -1.86. The lowest BCUT2D eigenvalue weighted by molar-refractivity contribution is -0.320. The van der Waals surface area contributed by atoms with Crippen molar-refractivity contribution in [2.75, 3.05) is 48.1 Å². The first kappa shape index (κ1) is 30.0. The van der Waals surface area contributed by atoms with Gasteiger partial charge in [-0.2, -0.15) is 0 Å². The van der Waals surface area contributed by atoms with Crippen molar-refractivity contribution in [1.29, 1.82) is 0 Å². The molecule has 0 amide bonds. The zero-order valence-corrected chi connectivity index (χ0v) is 25.5. The summed E-state index contributed by atoms with van der Waals surface area (Å²) in [5.41, 5.74) is -4.81. The Morgan fingerprint density at radius 2 is 1.72 bits per heavy atom. The van der Waals surface area contributed by atoms with Gasteiger partial charge in [0.25, 0.3) is 0 Å². The SMILES string of the molecule is CCN1C[C@]2(COC)[C@H](O)C[C@H](OC)[C@@]34[C@@H]5C[C@@]6(O)[C@H](OC(=O)c7ccccc7)[C@@H]5[C@@](O)([C@@H]([C@H](OC)[C@H]23)[C@@H]14)[C@@H](O)[C@@H]6OC. The molecule has 6 fully saturated rings. The van der Waals surface area contributed by atoms with E-state index in [2.05, 4.69) is 11.8 Å². The lowest BCUT2D eigenvalue weighted by atomic mass is 9.42. The molecule has 15 atom stereocenters. The van der Waals surface area contributed by atoms with Gasteiger partial charge < -0.3 is 44.1 Å². The summed E-state index contributed by atoms with van der Waals surface area (Å²) < 4.78 is 30.5. The molecule has 4 N–H and O–H groups in total. The zero-order valence-electron chi connectivity index (χ0n) is 25.5. The number of aliphatic hydroxyl groups is 4. The fraction of sp³-hybridized carbons (Fsp3) is 0.781. The molecule has 7 rings (SSSR count). The normalized spacial score (nSPS) is 52.7. The number of carbonyl (C=O) groups excluding carboxylic acids is 1. The van der Waals surface area contributed by atoms with Crippen LogP contribution in [0.1, 0.15) is 30.1 Å². The monoisotopic (exact) mass is 603 g/mol. The quantitative estimate of drug-likeness (QED) is 0.300. The second kappa shape index (κ2) is 9.91. The average Bonchev–Trinajstić information content (AvgIpc) is 3.39. The Morgan fingerprint density at radius 1 is 1.00 bits per heavy atom. The fourth-order valence-corrected chi connectivity index (χ4v) is 11.9. The van der Waals surface area contributed by atoms with E-state index in [1.807, 2.05) is 0 Å². The molecule has 0 unspecified atom stereocenters. The van der Waals surface area contributed by atoms with Crippen molar-refractivity contribution in [3.8, 4) is 0 Å². The minimum Gasteiger partial charge on any atom is -0.455 e. The Labute approximate surface area is 252 Å². The molecule has 0 radical (unpaired) electrons. The lowest BCUT2D eigenvalue weighted by Gasteiger charge is -2.70. The van der Waals surface area contributed by atoms with Crippen LogP contribution in [0.5, 0.6) is 0 Å². The number of ether oxygens (including phenoxy) is 5. The van der Waals surface area contributed by atoms with Crippen LogP contribution < -0.4 is 0 Å². The second-order valence-electron chi connectivity index (χ2n) is 13.9. The number of hydrogen-bond donors (Lipinski definition) is 4. The van der Waals surface area contributed by atoms with E-state index < -0.39 is 82.4 Å².